The van der Waals surface area contributed by atoms with Crippen LogP contribution in [-0.4, -0.2) is 11.0 Å². The van der Waals surface area contributed by atoms with Gasteiger partial charge in [-0.1, -0.05) is 24.3 Å². The number of carbonyl (C=O) groups excluding carboxylic acids is 1. The summed E-state index contributed by atoms with van der Waals surface area (Å²) in [6, 6.07) is 16.4. The molecule has 2 aromatic carbocycles. The number of rotatable bonds is 3. The molecule has 0 fully saturated rings. The second kappa shape index (κ2) is 5.25. The van der Waals surface area contributed by atoms with Gasteiger partial charge in [0.2, 0.25) is 0 Å². The zero-order valence-corrected chi connectivity index (χ0v) is 11.5. The molecule has 0 spiro atoms. The van der Waals surface area contributed by atoms with Crippen molar-refractivity contribution in [2.24, 2.45) is 0 Å². The molecule has 1 aromatic heterocycles. The molecule has 4 nitrogen and oxygen atoms in total. The zero-order valence-electron chi connectivity index (χ0n) is 11.5. The van der Waals surface area contributed by atoms with E-state index >= 15 is 0 Å². The fraction of sp³-hybridized carbons (Fsp3) is 0.0588. The van der Waals surface area contributed by atoms with Crippen LogP contribution in [0.3, 0.4) is 0 Å². The Bertz CT molecular complexity index is 814. The Morgan fingerprint density at radius 2 is 1.86 bits per heavy atom. The molecule has 3 rings (SSSR count). The smallest absolute Gasteiger partial charge is 0.0726 e. The number of carbonyl (C=O) groups is 1. The van der Waals surface area contributed by atoms with E-state index in [1.54, 1.807) is 12.1 Å². The summed E-state index contributed by atoms with van der Waals surface area (Å²) in [5.74, 6) is -1.19. The van der Waals surface area contributed by atoms with Gasteiger partial charge in [-0.05, 0) is 42.8 Å². The predicted octanol–water partition coefficient (Wildman–Crippen LogP) is 2.65. The second-order valence-corrected chi connectivity index (χ2v) is 4.82. The van der Waals surface area contributed by atoms with E-state index in [0.717, 1.165) is 28.0 Å². The van der Waals surface area contributed by atoms with E-state index in [-0.39, 0.29) is 5.56 Å². The monoisotopic (exact) mass is 277 g/mol. The van der Waals surface area contributed by atoms with Crippen LogP contribution in [0.15, 0.2) is 54.6 Å². The van der Waals surface area contributed by atoms with Crippen molar-refractivity contribution in [2.45, 2.75) is 6.92 Å². The van der Waals surface area contributed by atoms with Crippen molar-refractivity contribution in [3.05, 3.63) is 65.9 Å². The van der Waals surface area contributed by atoms with Crippen molar-refractivity contribution in [3.63, 3.8) is 0 Å². The largest absolute Gasteiger partial charge is 0.545 e. The minimum absolute atomic E-state index is 0.143. The lowest BCUT2D eigenvalue weighted by atomic mass is 10.1. The van der Waals surface area contributed by atoms with Gasteiger partial charge in [0.15, 0.2) is 0 Å². The molecule has 0 radical (unpaired) electrons. The van der Waals surface area contributed by atoms with Gasteiger partial charge < -0.3 is 15.2 Å². The number of hydrogen-bond acceptors (Lipinski definition) is 4. The molecule has 0 atom stereocenters. The van der Waals surface area contributed by atoms with Gasteiger partial charge in [0.05, 0.1) is 11.5 Å². The van der Waals surface area contributed by atoms with Gasteiger partial charge >= 0.3 is 0 Å². The first-order valence-corrected chi connectivity index (χ1v) is 6.58. The third-order valence-electron chi connectivity index (χ3n) is 3.23. The van der Waals surface area contributed by atoms with Crippen molar-refractivity contribution < 1.29 is 9.90 Å². The summed E-state index contributed by atoms with van der Waals surface area (Å²) in [5, 5.41) is 15.1. The second-order valence-electron chi connectivity index (χ2n) is 4.82. The molecule has 21 heavy (non-hydrogen) atoms. The molecule has 3 aromatic rings. The number of anilines is 2. The third kappa shape index (κ3) is 2.69. The summed E-state index contributed by atoms with van der Waals surface area (Å²) in [6.07, 6.45) is 0. The normalized spacial score (nSPS) is 10.5. The number of aromatic carboxylic acids is 1. The molecule has 104 valence electrons. The molecule has 0 aliphatic carbocycles. The molecule has 0 saturated carbocycles. The maximum Gasteiger partial charge on any atom is 0.0726 e. The summed E-state index contributed by atoms with van der Waals surface area (Å²) in [6.45, 7) is 1.91. The summed E-state index contributed by atoms with van der Waals surface area (Å²) in [5.41, 5.74) is 3.51. The van der Waals surface area contributed by atoms with Crippen LogP contribution in [0, 0.1) is 6.92 Å². The first-order valence-electron chi connectivity index (χ1n) is 6.58. The molecule has 0 aliphatic rings. The van der Waals surface area contributed by atoms with Crippen LogP contribution in [-0.2, 0) is 0 Å². The maximum atomic E-state index is 11.0. The number of nitrogens with one attached hydrogen (secondary N) is 1. The number of benzene rings is 2. The van der Waals surface area contributed by atoms with Gasteiger partial charge in [-0.2, -0.15) is 0 Å². The molecule has 0 bridgehead atoms. The number of pyridine rings is 1. The molecule has 1 heterocycles. The minimum atomic E-state index is -1.19. The molecule has 1 N–H and O–H groups in total. The average Bonchev–Trinajstić information content (AvgIpc) is 2.47. The molecule has 0 saturated heterocycles. The van der Waals surface area contributed by atoms with Crippen molar-refractivity contribution in [3.8, 4) is 0 Å². The van der Waals surface area contributed by atoms with Crippen LogP contribution in [0.2, 0.25) is 0 Å². The maximum absolute atomic E-state index is 11.0. The number of hydrogen-bond donors (Lipinski definition) is 1. The van der Waals surface area contributed by atoms with E-state index in [9.17, 15) is 9.90 Å². The summed E-state index contributed by atoms with van der Waals surface area (Å²) < 4.78 is 0. The molecule has 0 unspecified atom stereocenters. The highest BCUT2D eigenvalue weighted by molar-refractivity contribution is 5.98. The van der Waals surface area contributed by atoms with Crippen LogP contribution in [0.25, 0.3) is 10.9 Å². The number of carboxylic acid groups (broad SMARTS) is 1. The quantitative estimate of drug-likeness (QED) is 0.799. The standard InChI is InChI=1S/C17H14N2O2/c1-11-9-16(19-13-5-3-2-4-6-13)14-10-12(17(20)21)7-8-15(14)18-11/h2-10H,1H3,(H,18,19)(H,20,21)/p-1. The van der Waals surface area contributed by atoms with Gasteiger partial charge in [-0.3, -0.25) is 4.98 Å². The average molecular weight is 277 g/mol. The highest BCUT2D eigenvalue weighted by Gasteiger charge is 2.06. The predicted molar refractivity (Wildman–Crippen MR) is 80.5 cm³/mol. The third-order valence-corrected chi connectivity index (χ3v) is 3.23. The molecule has 4 heteroatoms. The van der Waals surface area contributed by atoms with Crippen LogP contribution >= 0.6 is 0 Å². The number of carboxylic acids is 1. The fourth-order valence-corrected chi connectivity index (χ4v) is 2.27. The van der Waals surface area contributed by atoms with Gasteiger partial charge in [0, 0.05) is 22.5 Å². The Labute approximate surface area is 122 Å². The van der Waals surface area contributed by atoms with Crippen molar-refractivity contribution in [2.75, 3.05) is 5.32 Å². The van der Waals surface area contributed by atoms with E-state index in [1.807, 2.05) is 43.3 Å². The van der Waals surface area contributed by atoms with E-state index in [2.05, 4.69) is 10.3 Å². The van der Waals surface area contributed by atoms with Crippen molar-refractivity contribution in [1.82, 2.24) is 4.98 Å². The Balaban J connectivity index is 2.15. The summed E-state index contributed by atoms with van der Waals surface area (Å²) >= 11 is 0. The highest BCUT2D eigenvalue weighted by atomic mass is 16.4. The van der Waals surface area contributed by atoms with Crippen LogP contribution in [0.4, 0.5) is 11.4 Å². The van der Waals surface area contributed by atoms with Gasteiger partial charge in [0.1, 0.15) is 0 Å². The summed E-state index contributed by atoms with van der Waals surface area (Å²) in [4.78, 5) is 15.5. The Morgan fingerprint density at radius 1 is 1.10 bits per heavy atom. The Kier molecular flexibility index (Phi) is 3.28. The Morgan fingerprint density at radius 3 is 2.57 bits per heavy atom. The Hall–Kier alpha value is -2.88. The minimum Gasteiger partial charge on any atom is -0.545 e. The van der Waals surface area contributed by atoms with Crippen molar-refractivity contribution in [1.29, 1.82) is 0 Å². The molecular weight excluding hydrogens is 264 g/mol. The van der Waals surface area contributed by atoms with E-state index in [4.69, 9.17) is 0 Å². The first-order chi connectivity index (χ1) is 10.1. The highest BCUT2D eigenvalue weighted by Crippen LogP contribution is 2.27. The lowest BCUT2D eigenvalue weighted by Gasteiger charge is -2.12. The molecular formula is C17H13N2O2-. The van der Waals surface area contributed by atoms with E-state index in [1.165, 1.54) is 6.07 Å². The van der Waals surface area contributed by atoms with Crippen LogP contribution < -0.4 is 10.4 Å². The fourth-order valence-electron chi connectivity index (χ4n) is 2.27. The van der Waals surface area contributed by atoms with Gasteiger partial charge in [-0.25, -0.2) is 0 Å². The first kappa shape index (κ1) is 13.1. The summed E-state index contributed by atoms with van der Waals surface area (Å²) in [7, 11) is 0. The number of nitrogens with zero attached hydrogens (tertiary/aromatic N) is 1. The van der Waals surface area contributed by atoms with Crippen LogP contribution in [0.5, 0.6) is 0 Å². The lowest BCUT2D eigenvalue weighted by Crippen LogP contribution is -2.22. The molecule has 0 amide bonds. The van der Waals surface area contributed by atoms with Crippen molar-refractivity contribution >= 4 is 28.2 Å². The number of fused-ring (bicyclic) bond motifs is 1. The number of aromatic nitrogens is 1. The number of para-hydroxylation sites is 1. The van der Waals surface area contributed by atoms with E-state index in [0.29, 0.717) is 0 Å². The molecule has 0 aliphatic heterocycles. The zero-order chi connectivity index (χ0) is 14.8. The van der Waals surface area contributed by atoms with Gasteiger partial charge in [0.25, 0.3) is 0 Å². The van der Waals surface area contributed by atoms with E-state index < -0.39 is 5.97 Å². The lowest BCUT2D eigenvalue weighted by molar-refractivity contribution is -0.255. The SMILES string of the molecule is Cc1cc(Nc2ccccc2)c2cc(C(=O)[O-])ccc2n1. The van der Waals surface area contributed by atoms with Gasteiger partial charge in [-0.15, -0.1) is 0 Å². The number of aryl methyl sites for hydroxylation is 1. The van der Waals surface area contributed by atoms with Crippen LogP contribution in [0.1, 0.15) is 16.1 Å². The topological polar surface area (TPSA) is 65.0 Å².